The highest BCUT2D eigenvalue weighted by Crippen LogP contribution is 2.16. The molecule has 0 spiro atoms. The number of halogens is 1. The first-order valence-electron chi connectivity index (χ1n) is 6.34. The van der Waals surface area contributed by atoms with Crippen LogP contribution in [0.1, 0.15) is 19.4 Å². The van der Waals surface area contributed by atoms with E-state index in [1.165, 1.54) is 0 Å². The Hall–Kier alpha value is -2.44. The third-order valence-electron chi connectivity index (χ3n) is 2.37. The van der Waals surface area contributed by atoms with E-state index in [0.29, 0.717) is 0 Å². The summed E-state index contributed by atoms with van der Waals surface area (Å²) < 4.78 is 22.5. The number of rotatable bonds is 6. The molecule has 0 aliphatic carbocycles. The highest BCUT2D eigenvalue weighted by molar-refractivity contribution is 6.01. The van der Waals surface area contributed by atoms with Crippen molar-refractivity contribution in [3.8, 4) is 5.75 Å². The maximum atomic E-state index is 13.1. The van der Waals surface area contributed by atoms with Crippen molar-refractivity contribution in [1.29, 1.82) is 0 Å². The second-order valence-electron chi connectivity index (χ2n) is 3.89. The second-order valence-corrected chi connectivity index (χ2v) is 3.89. The van der Waals surface area contributed by atoms with Crippen LogP contribution >= 0.6 is 0 Å². The van der Waals surface area contributed by atoms with Gasteiger partial charge in [0.1, 0.15) is 11.6 Å². The number of aromatic hydroxyl groups is 1. The smallest absolute Gasteiger partial charge is 0.342 e. The fourth-order valence-corrected chi connectivity index (χ4v) is 1.44. The molecule has 1 rings (SSSR count). The monoisotopic (exact) mass is 297 g/mol. The molecule has 0 saturated heterocycles. The first-order valence-corrected chi connectivity index (χ1v) is 6.34. The topological polar surface area (TPSA) is 85.2 Å². The quantitative estimate of drug-likeness (QED) is 0.488. The number of esters is 2. The minimum absolute atomic E-state index is 0.0357. The predicted octanol–water partition coefficient (Wildman–Crippen LogP) is 1.45. The molecule has 0 aliphatic heterocycles. The van der Waals surface area contributed by atoms with E-state index in [0.717, 1.165) is 24.4 Å². The molecule has 21 heavy (non-hydrogen) atoms. The van der Waals surface area contributed by atoms with Gasteiger partial charge in [0, 0.05) is 11.8 Å². The Kier molecular flexibility index (Phi) is 6.32. The molecule has 0 aromatic heterocycles. The van der Waals surface area contributed by atoms with E-state index in [4.69, 9.17) is 9.47 Å². The third-order valence-corrected chi connectivity index (χ3v) is 2.37. The number of hydrogen-bond acceptors (Lipinski definition) is 6. The van der Waals surface area contributed by atoms with Gasteiger partial charge in [-0.05, 0) is 32.0 Å². The minimum atomic E-state index is -1.51. The van der Waals surface area contributed by atoms with E-state index < -0.39 is 23.8 Å². The number of ether oxygens (including phenoxy) is 2. The standard InChI is InChI=1S/C14H16FNO5/c1-3-20-13(18)12(14(19)21-4-2)16-8-9-7-10(15)5-6-11(9)17/h5-8,12,17H,3-4H2,1-2H3. The van der Waals surface area contributed by atoms with Crippen molar-refractivity contribution in [1.82, 2.24) is 0 Å². The maximum Gasteiger partial charge on any atom is 0.342 e. The molecule has 0 heterocycles. The summed E-state index contributed by atoms with van der Waals surface area (Å²) >= 11 is 0. The zero-order valence-corrected chi connectivity index (χ0v) is 11.7. The van der Waals surface area contributed by atoms with Crippen LogP contribution in [0.4, 0.5) is 4.39 Å². The van der Waals surface area contributed by atoms with Crippen LogP contribution in [0.15, 0.2) is 23.2 Å². The molecule has 7 heteroatoms. The fraction of sp³-hybridized carbons (Fsp3) is 0.357. The molecular formula is C14H16FNO5. The molecule has 0 radical (unpaired) electrons. The van der Waals surface area contributed by atoms with Crippen molar-refractivity contribution in [2.24, 2.45) is 4.99 Å². The fourth-order valence-electron chi connectivity index (χ4n) is 1.44. The van der Waals surface area contributed by atoms with Crippen LogP contribution in [-0.2, 0) is 19.1 Å². The highest BCUT2D eigenvalue weighted by Gasteiger charge is 2.28. The number of carbonyl (C=O) groups excluding carboxylic acids is 2. The third kappa shape index (κ3) is 4.87. The van der Waals surface area contributed by atoms with Crippen LogP contribution in [0.5, 0.6) is 5.75 Å². The van der Waals surface area contributed by atoms with Crippen molar-refractivity contribution in [3.05, 3.63) is 29.6 Å². The summed E-state index contributed by atoms with van der Waals surface area (Å²) in [7, 11) is 0. The maximum absolute atomic E-state index is 13.1. The van der Waals surface area contributed by atoms with Gasteiger partial charge in [0.2, 0.25) is 6.04 Å². The van der Waals surface area contributed by atoms with Crippen LogP contribution in [0.2, 0.25) is 0 Å². The van der Waals surface area contributed by atoms with Crippen LogP contribution in [-0.4, -0.2) is 42.5 Å². The Morgan fingerprint density at radius 3 is 2.38 bits per heavy atom. The Bertz CT molecular complexity index is 526. The number of carbonyl (C=O) groups is 2. The lowest BCUT2D eigenvalue weighted by Gasteiger charge is -2.10. The second kappa shape index (κ2) is 7.98. The van der Waals surface area contributed by atoms with Gasteiger partial charge in [-0.1, -0.05) is 0 Å². The zero-order chi connectivity index (χ0) is 15.8. The van der Waals surface area contributed by atoms with E-state index in [9.17, 15) is 19.1 Å². The van der Waals surface area contributed by atoms with E-state index in [-0.39, 0.29) is 24.5 Å². The summed E-state index contributed by atoms with van der Waals surface area (Å²) in [5.74, 6) is -2.56. The number of phenolic OH excluding ortho intramolecular Hbond substituents is 1. The van der Waals surface area contributed by atoms with Gasteiger partial charge in [-0.25, -0.2) is 14.0 Å². The van der Waals surface area contributed by atoms with Crippen LogP contribution in [0, 0.1) is 5.82 Å². The molecule has 1 aromatic rings. The molecule has 0 amide bonds. The average Bonchev–Trinajstić information content (AvgIpc) is 2.43. The number of phenols is 1. The lowest BCUT2D eigenvalue weighted by Crippen LogP contribution is -2.32. The summed E-state index contributed by atoms with van der Waals surface area (Å²) in [6, 6.07) is 1.72. The first kappa shape index (κ1) is 16.6. The SMILES string of the molecule is CCOC(=O)C(N=Cc1cc(F)ccc1O)C(=O)OCC. The summed E-state index contributed by atoms with van der Waals surface area (Å²) in [5.41, 5.74) is 0.0357. The summed E-state index contributed by atoms with van der Waals surface area (Å²) in [6.45, 7) is 3.33. The van der Waals surface area contributed by atoms with Gasteiger partial charge in [0.15, 0.2) is 0 Å². The predicted molar refractivity (Wildman–Crippen MR) is 72.7 cm³/mol. The number of aliphatic imine (C=N–C) groups is 1. The van der Waals surface area contributed by atoms with Gasteiger partial charge in [-0.15, -0.1) is 0 Å². The minimum Gasteiger partial charge on any atom is -0.507 e. The normalized spacial score (nSPS) is 10.9. The van der Waals surface area contributed by atoms with Crippen LogP contribution in [0.3, 0.4) is 0 Å². The largest absolute Gasteiger partial charge is 0.507 e. The molecular weight excluding hydrogens is 281 g/mol. The Balaban J connectivity index is 2.99. The van der Waals surface area contributed by atoms with E-state index in [1.807, 2.05) is 0 Å². The van der Waals surface area contributed by atoms with Crippen molar-refractivity contribution < 1.29 is 28.6 Å². The van der Waals surface area contributed by atoms with E-state index in [2.05, 4.69) is 4.99 Å². The van der Waals surface area contributed by atoms with Gasteiger partial charge < -0.3 is 14.6 Å². The molecule has 0 unspecified atom stereocenters. The molecule has 0 atom stereocenters. The Morgan fingerprint density at radius 2 is 1.86 bits per heavy atom. The van der Waals surface area contributed by atoms with E-state index in [1.54, 1.807) is 13.8 Å². The van der Waals surface area contributed by atoms with Crippen molar-refractivity contribution in [2.45, 2.75) is 19.9 Å². The first-order chi connectivity index (χ1) is 9.99. The van der Waals surface area contributed by atoms with Crippen molar-refractivity contribution in [2.75, 3.05) is 13.2 Å². The molecule has 0 bridgehead atoms. The van der Waals surface area contributed by atoms with E-state index >= 15 is 0 Å². The van der Waals surface area contributed by atoms with Crippen LogP contribution < -0.4 is 0 Å². The van der Waals surface area contributed by atoms with Gasteiger partial charge in [0.05, 0.1) is 13.2 Å². The number of hydrogen-bond donors (Lipinski definition) is 1. The molecule has 0 fully saturated rings. The summed E-state index contributed by atoms with van der Waals surface area (Å²) in [6.07, 6.45) is 1.02. The number of nitrogens with zero attached hydrogens (tertiary/aromatic N) is 1. The van der Waals surface area contributed by atoms with Gasteiger partial charge in [0.25, 0.3) is 0 Å². The number of benzene rings is 1. The lowest BCUT2D eigenvalue weighted by atomic mass is 10.2. The van der Waals surface area contributed by atoms with Gasteiger partial charge in [-0.3, -0.25) is 4.99 Å². The summed E-state index contributed by atoms with van der Waals surface area (Å²) in [5, 5.41) is 9.54. The molecule has 114 valence electrons. The Morgan fingerprint density at radius 1 is 1.29 bits per heavy atom. The molecule has 1 aromatic carbocycles. The highest BCUT2D eigenvalue weighted by atomic mass is 19.1. The van der Waals surface area contributed by atoms with Crippen LogP contribution in [0.25, 0.3) is 0 Å². The zero-order valence-electron chi connectivity index (χ0n) is 11.7. The van der Waals surface area contributed by atoms with Gasteiger partial charge >= 0.3 is 11.9 Å². The average molecular weight is 297 g/mol. The summed E-state index contributed by atoms with van der Waals surface area (Å²) in [4.78, 5) is 27.1. The Labute approximate surface area is 121 Å². The molecule has 1 N–H and O–H groups in total. The molecule has 6 nitrogen and oxygen atoms in total. The molecule has 0 aliphatic rings. The van der Waals surface area contributed by atoms with Gasteiger partial charge in [-0.2, -0.15) is 0 Å². The lowest BCUT2D eigenvalue weighted by molar-refractivity contribution is -0.156. The van der Waals surface area contributed by atoms with Crippen molar-refractivity contribution >= 4 is 18.2 Å². The van der Waals surface area contributed by atoms with Crippen molar-refractivity contribution in [3.63, 3.8) is 0 Å². The molecule has 0 saturated carbocycles.